The molecule has 2 aromatic rings. The largest absolute Gasteiger partial charge is 0.508 e. The zero-order valence-electron chi connectivity index (χ0n) is 16.4. The topological polar surface area (TPSA) is 43.7 Å². The Kier molecular flexibility index (Phi) is 6.92. The van der Waals surface area contributed by atoms with E-state index >= 15 is 0 Å². The quantitative estimate of drug-likeness (QED) is 0.679. The molecule has 0 radical (unpaired) electrons. The van der Waals surface area contributed by atoms with Gasteiger partial charge in [0.05, 0.1) is 6.10 Å². The Labute approximate surface area is 165 Å². The first-order valence-corrected chi connectivity index (χ1v) is 10.5. The maximum atomic E-state index is 10.5. The van der Waals surface area contributed by atoms with Gasteiger partial charge in [0.25, 0.3) is 0 Å². The highest BCUT2D eigenvalue weighted by molar-refractivity contribution is 7.13. The summed E-state index contributed by atoms with van der Waals surface area (Å²) in [6, 6.07) is 13.9. The first kappa shape index (κ1) is 20.3. The molecule has 0 amide bonds. The van der Waals surface area contributed by atoms with E-state index in [1.54, 1.807) is 0 Å². The lowest BCUT2D eigenvalue weighted by Crippen LogP contribution is -2.27. The Bertz CT molecular complexity index is 756. The second-order valence-corrected chi connectivity index (χ2v) is 8.87. The second-order valence-electron chi connectivity index (χ2n) is 8.14. The van der Waals surface area contributed by atoms with Gasteiger partial charge in [-0.1, -0.05) is 45.3 Å². The van der Waals surface area contributed by atoms with E-state index in [1.807, 2.05) is 24.3 Å². The van der Waals surface area contributed by atoms with Crippen LogP contribution in [0.4, 0.5) is 0 Å². The zero-order valence-corrected chi connectivity index (χ0v) is 17.6. The van der Waals surface area contributed by atoms with Crippen molar-refractivity contribution < 1.29 is 10.2 Å². The van der Waals surface area contributed by atoms with Gasteiger partial charge in [-0.3, -0.25) is 4.67 Å². The Morgan fingerprint density at radius 3 is 2.48 bits per heavy atom. The van der Waals surface area contributed by atoms with E-state index in [2.05, 4.69) is 46.1 Å². The van der Waals surface area contributed by atoms with Gasteiger partial charge in [-0.05, 0) is 80.2 Å². The average molecular weight is 385 g/mol. The van der Waals surface area contributed by atoms with Gasteiger partial charge in [0.15, 0.2) is 0 Å². The zero-order chi connectivity index (χ0) is 19.4. The third-order valence-electron chi connectivity index (χ3n) is 5.87. The predicted molar refractivity (Wildman–Crippen MR) is 115 cm³/mol. The minimum Gasteiger partial charge on any atom is -0.508 e. The average Bonchev–Trinajstić information content (AvgIpc) is 2.62. The van der Waals surface area contributed by atoms with E-state index in [-0.39, 0.29) is 0 Å². The Hall–Kier alpha value is -1.41. The molecule has 1 aliphatic rings. The molecule has 27 heavy (non-hydrogen) atoms. The van der Waals surface area contributed by atoms with Crippen LogP contribution >= 0.6 is 9.39 Å². The summed E-state index contributed by atoms with van der Waals surface area (Å²) >= 11 is 0. The van der Waals surface area contributed by atoms with Crippen molar-refractivity contribution >= 4 is 9.39 Å². The SMILES string of the molecule is Cc1cccc(C(O)CN(P)CC2CCC(c3ccc(O)cc3C)CC2)c1. The molecule has 2 aromatic carbocycles. The molecule has 3 nitrogen and oxygen atoms in total. The van der Waals surface area contributed by atoms with Crippen LogP contribution in [0.15, 0.2) is 42.5 Å². The maximum Gasteiger partial charge on any atom is 0.115 e. The number of rotatable bonds is 6. The molecule has 0 bridgehead atoms. The van der Waals surface area contributed by atoms with Gasteiger partial charge in [0.1, 0.15) is 5.75 Å². The van der Waals surface area contributed by atoms with Crippen LogP contribution < -0.4 is 0 Å². The number of aryl methyl sites for hydroxylation is 2. The van der Waals surface area contributed by atoms with Gasteiger partial charge < -0.3 is 10.2 Å². The highest BCUT2D eigenvalue weighted by atomic mass is 31.0. The third kappa shape index (κ3) is 5.54. The normalized spacial score (nSPS) is 21.4. The summed E-state index contributed by atoms with van der Waals surface area (Å²) in [7, 11) is 2.80. The molecule has 2 unspecified atom stereocenters. The smallest absolute Gasteiger partial charge is 0.115 e. The molecule has 0 heterocycles. The molecule has 1 aliphatic carbocycles. The fourth-order valence-corrected chi connectivity index (χ4v) is 4.88. The number of aromatic hydroxyl groups is 1. The number of aliphatic hydroxyl groups excluding tert-OH is 1. The maximum absolute atomic E-state index is 10.5. The van der Waals surface area contributed by atoms with Gasteiger partial charge in [-0.2, -0.15) is 0 Å². The third-order valence-corrected chi connectivity index (χ3v) is 6.29. The molecule has 0 aromatic heterocycles. The van der Waals surface area contributed by atoms with Crippen LogP contribution in [0.25, 0.3) is 0 Å². The van der Waals surface area contributed by atoms with Crippen LogP contribution in [0.2, 0.25) is 0 Å². The molecule has 2 N–H and O–H groups in total. The minimum atomic E-state index is -0.446. The molecule has 146 valence electrons. The lowest BCUT2D eigenvalue weighted by molar-refractivity contribution is 0.141. The number of phenolic OH excluding ortho intramolecular Hbond substituents is 1. The standard InChI is InChI=1S/C23H32NO2P/c1-16-4-3-5-20(12-16)23(26)15-24(27)14-18-6-8-19(9-7-18)22-11-10-21(25)13-17(22)2/h3-5,10-13,18-19,23,25-26H,6-9,14-15,27H2,1-2H3. The molecule has 0 aliphatic heterocycles. The van der Waals surface area contributed by atoms with Crippen molar-refractivity contribution in [2.75, 3.05) is 13.1 Å². The predicted octanol–water partition coefficient (Wildman–Crippen LogP) is 5.11. The molecule has 0 spiro atoms. The summed E-state index contributed by atoms with van der Waals surface area (Å²) in [5, 5.41) is 20.1. The number of hydrogen-bond acceptors (Lipinski definition) is 3. The molecule has 2 atom stereocenters. The summed E-state index contributed by atoms with van der Waals surface area (Å²) in [4.78, 5) is 0. The highest BCUT2D eigenvalue weighted by Gasteiger charge is 2.25. The number of hydrogen-bond donors (Lipinski definition) is 2. The van der Waals surface area contributed by atoms with Gasteiger partial charge in [-0.15, -0.1) is 0 Å². The number of aliphatic hydroxyl groups is 1. The molecule has 1 fully saturated rings. The molecule has 4 heteroatoms. The fraction of sp³-hybridized carbons (Fsp3) is 0.478. The van der Waals surface area contributed by atoms with E-state index in [0.717, 1.165) is 12.1 Å². The fourth-order valence-electron chi connectivity index (χ4n) is 4.39. The van der Waals surface area contributed by atoms with Crippen LogP contribution in [0.1, 0.15) is 60.0 Å². The van der Waals surface area contributed by atoms with Crippen LogP contribution in [0.5, 0.6) is 5.75 Å². The first-order chi connectivity index (χ1) is 12.9. The number of benzene rings is 2. The van der Waals surface area contributed by atoms with E-state index in [9.17, 15) is 10.2 Å². The summed E-state index contributed by atoms with van der Waals surface area (Å²) in [6.45, 7) is 5.81. The Morgan fingerprint density at radius 2 is 1.81 bits per heavy atom. The monoisotopic (exact) mass is 385 g/mol. The molecule has 3 rings (SSSR count). The summed E-state index contributed by atoms with van der Waals surface area (Å²) in [6.07, 6.45) is 4.40. The van der Waals surface area contributed by atoms with Gasteiger partial charge in [0.2, 0.25) is 0 Å². The van der Waals surface area contributed by atoms with E-state index in [1.165, 1.54) is 42.4 Å². The van der Waals surface area contributed by atoms with E-state index in [4.69, 9.17) is 0 Å². The lowest BCUT2D eigenvalue weighted by atomic mass is 9.77. The lowest BCUT2D eigenvalue weighted by Gasteiger charge is -2.32. The molecule has 1 saturated carbocycles. The van der Waals surface area contributed by atoms with Crippen molar-refractivity contribution in [2.24, 2.45) is 5.92 Å². The van der Waals surface area contributed by atoms with Crippen molar-refractivity contribution in [2.45, 2.75) is 51.6 Å². The Balaban J connectivity index is 1.48. The van der Waals surface area contributed by atoms with Crippen molar-refractivity contribution in [3.05, 3.63) is 64.7 Å². The van der Waals surface area contributed by atoms with Crippen LogP contribution in [0.3, 0.4) is 0 Å². The summed E-state index contributed by atoms with van der Waals surface area (Å²) < 4.78 is 2.20. The van der Waals surface area contributed by atoms with Crippen molar-refractivity contribution in [3.8, 4) is 5.75 Å². The Morgan fingerprint density at radius 1 is 1.07 bits per heavy atom. The van der Waals surface area contributed by atoms with Crippen LogP contribution in [-0.4, -0.2) is 28.0 Å². The van der Waals surface area contributed by atoms with Crippen LogP contribution in [-0.2, 0) is 0 Å². The van der Waals surface area contributed by atoms with Gasteiger partial charge in [0, 0.05) is 13.1 Å². The van der Waals surface area contributed by atoms with E-state index < -0.39 is 6.10 Å². The summed E-state index contributed by atoms with van der Waals surface area (Å²) in [5.74, 6) is 1.65. The van der Waals surface area contributed by atoms with Crippen molar-refractivity contribution in [1.82, 2.24) is 4.67 Å². The van der Waals surface area contributed by atoms with Crippen LogP contribution in [0, 0.1) is 19.8 Å². The highest BCUT2D eigenvalue weighted by Crippen LogP contribution is 2.38. The molecular weight excluding hydrogens is 353 g/mol. The summed E-state index contributed by atoms with van der Waals surface area (Å²) in [5.41, 5.74) is 4.77. The molecular formula is C23H32NO2P. The van der Waals surface area contributed by atoms with Crippen molar-refractivity contribution in [1.29, 1.82) is 0 Å². The van der Waals surface area contributed by atoms with E-state index in [0.29, 0.717) is 24.1 Å². The molecule has 0 saturated heterocycles. The minimum absolute atomic E-state index is 0.357. The van der Waals surface area contributed by atoms with Gasteiger partial charge >= 0.3 is 0 Å². The number of phenols is 1. The number of nitrogens with zero attached hydrogens (tertiary/aromatic N) is 1. The first-order valence-electron chi connectivity index (χ1n) is 9.96. The van der Waals surface area contributed by atoms with Gasteiger partial charge in [-0.25, -0.2) is 0 Å². The second kappa shape index (κ2) is 9.19. The van der Waals surface area contributed by atoms with Crippen molar-refractivity contribution in [3.63, 3.8) is 0 Å².